The molecule has 0 bridgehead atoms. The van der Waals surface area contributed by atoms with Crippen molar-refractivity contribution in [3.63, 3.8) is 0 Å². The van der Waals surface area contributed by atoms with Crippen LogP contribution in [0.1, 0.15) is 12.8 Å². The molecule has 0 aromatic heterocycles. The minimum Gasteiger partial charge on any atom is -0.381 e. The predicted octanol–water partition coefficient (Wildman–Crippen LogP) is 2.59. The number of halogens is 1. The highest BCUT2D eigenvalue weighted by atomic mass is 32.2. The van der Waals surface area contributed by atoms with E-state index < -0.39 is 0 Å². The molecule has 0 saturated carbocycles. The van der Waals surface area contributed by atoms with Crippen LogP contribution >= 0.6 is 11.8 Å². The Hall–Kier alpha value is -1.23. The van der Waals surface area contributed by atoms with Crippen LogP contribution < -0.4 is 5.32 Å². The molecular formula is C14H19FN2OS. The highest BCUT2D eigenvalue weighted by Gasteiger charge is 2.22. The van der Waals surface area contributed by atoms with E-state index in [4.69, 9.17) is 0 Å². The van der Waals surface area contributed by atoms with Crippen molar-refractivity contribution in [2.24, 2.45) is 0 Å². The number of hydrogen-bond donors (Lipinski definition) is 1. The minimum absolute atomic E-state index is 0.207. The molecule has 3 nitrogen and oxygen atoms in total. The molecule has 1 aliphatic rings. The van der Waals surface area contributed by atoms with Crippen LogP contribution in [0.5, 0.6) is 0 Å². The lowest BCUT2D eigenvalue weighted by Crippen LogP contribution is -2.45. The Morgan fingerprint density at radius 3 is 2.89 bits per heavy atom. The number of nitrogens with one attached hydrogen (secondary N) is 1. The fourth-order valence-corrected chi connectivity index (χ4v) is 2.75. The van der Waals surface area contributed by atoms with E-state index in [-0.39, 0.29) is 17.8 Å². The van der Waals surface area contributed by atoms with E-state index >= 15 is 0 Å². The number of benzene rings is 1. The molecule has 1 atom stereocenters. The number of hydrogen-bond acceptors (Lipinski definition) is 3. The van der Waals surface area contributed by atoms with Crippen LogP contribution in [0.2, 0.25) is 0 Å². The van der Waals surface area contributed by atoms with Crippen LogP contribution in [0, 0.1) is 5.82 Å². The Morgan fingerprint density at radius 2 is 2.21 bits per heavy atom. The van der Waals surface area contributed by atoms with Crippen molar-refractivity contribution in [3.05, 3.63) is 30.1 Å². The minimum atomic E-state index is -0.231. The van der Waals surface area contributed by atoms with Gasteiger partial charge in [0.25, 0.3) is 0 Å². The van der Waals surface area contributed by atoms with E-state index in [1.165, 1.54) is 12.1 Å². The lowest BCUT2D eigenvalue weighted by atomic mass is 10.1. The molecule has 1 heterocycles. The maximum atomic E-state index is 12.8. The summed E-state index contributed by atoms with van der Waals surface area (Å²) in [4.78, 5) is 13.8. The second kappa shape index (κ2) is 6.80. The standard InChI is InChI=1S/C14H19FN2OS/c1-19-10-14(18)17-8-2-3-13(9-17)16-12-6-4-11(15)5-7-12/h4-7,13,16H,2-3,8-10H2,1H3/t13-/m1/s1. The largest absolute Gasteiger partial charge is 0.381 e. The zero-order valence-corrected chi connectivity index (χ0v) is 11.9. The first-order chi connectivity index (χ1) is 9.19. The van der Waals surface area contributed by atoms with E-state index in [0.717, 1.165) is 31.6 Å². The number of carbonyl (C=O) groups is 1. The molecule has 104 valence electrons. The zero-order chi connectivity index (χ0) is 13.7. The van der Waals surface area contributed by atoms with Crippen LogP contribution in [-0.2, 0) is 4.79 Å². The average molecular weight is 282 g/mol. The number of thioether (sulfide) groups is 1. The summed E-state index contributed by atoms with van der Waals surface area (Å²) in [6.07, 6.45) is 4.00. The lowest BCUT2D eigenvalue weighted by Gasteiger charge is -2.33. The fraction of sp³-hybridized carbons (Fsp3) is 0.500. The molecule has 0 aliphatic carbocycles. The van der Waals surface area contributed by atoms with Crippen molar-refractivity contribution in [2.45, 2.75) is 18.9 Å². The van der Waals surface area contributed by atoms with Crippen molar-refractivity contribution in [1.29, 1.82) is 0 Å². The molecule has 2 rings (SSSR count). The monoisotopic (exact) mass is 282 g/mol. The number of anilines is 1. The van der Waals surface area contributed by atoms with Gasteiger partial charge in [0.05, 0.1) is 5.75 Å². The Bertz CT molecular complexity index is 424. The first kappa shape index (κ1) is 14.2. The molecule has 1 fully saturated rings. The Kier molecular flexibility index (Phi) is 5.07. The van der Waals surface area contributed by atoms with Gasteiger partial charge in [0.2, 0.25) is 5.91 Å². The van der Waals surface area contributed by atoms with Crippen molar-refractivity contribution < 1.29 is 9.18 Å². The average Bonchev–Trinajstić information content (AvgIpc) is 2.42. The van der Waals surface area contributed by atoms with Gasteiger partial charge >= 0.3 is 0 Å². The third-order valence-electron chi connectivity index (χ3n) is 3.26. The predicted molar refractivity (Wildman–Crippen MR) is 78.0 cm³/mol. The van der Waals surface area contributed by atoms with Gasteiger partial charge in [-0.1, -0.05) is 0 Å². The lowest BCUT2D eigenvalue weighted by molar-refractivity contribution is -0.129. The molecular weight excluding hydrogens is 263 g/mol. The topological polar surface area (TPSA) is 32.3 Å². The summed E-state index contributed by atoms with van der Waals surface area (Å²) in [5.41, 5.74) is 0.908. The fourth-order valence-electron chi connectivity index (χ4n) is 2.32. The zero-order valence-electron chi connectivity index (χ0n) is 11.1. The highest BCUT2D eigenvalue weighted by molar-refractivity contribution is 7.99. The summed E-state index contributed by atoms with van der Waals surface area (Å²) in [6.45, 7) is 1.58. The number of nitrogens with zero attached hydrogens (tertiary/aromatic N) is 1. The summed E-state index contributed by atoms with van der Waals surface area (Å²) in [5, 5.41) is 3.37. The van der Waals surface area contributed by atoms with Crippen LogP contribution in [0.15, 0.2) is 24.3 Å². The molecule has 19 heavy (non-hydrogen) atoms. The van der Waals surface area contributed by atoms with Crippen LogP contribution in [0.4, 0.5) is 10.1 Å². The Morgan fingerprint density at radius 1 is 1.47 bits per heavy atom. The van der Waals surface area contributed by atoms with Crippen molar-refractivity contribution in [1.82, 2.24) is 4.90 Å². The van der Waals surface area contributed by atoms with Gasteiger partial charge in [-0.05, 0) is 43.4 Å². The third-order valence-corrected chi connectivity index (χ3v) is 3.79. The first-order valence-corrected chi connectivity index (χ1v) is 7.87. The molecule has 1 aromatic rings. The number of rotatable bonds is 4. The Labute approximate surface area is 117 Å². The SMILES string of the molecule is CSCC(=O)N1CCC[C@@H](Nc2ccc(F)cc2)C1. The van der Waals surface area contributed by atoms with Crippen molar-refractivity contribution in [3.8, 4) is 0 Å². The molecule has 1 N–H and O–H groups in total. The smallest absolute Gasteiger partial charge is 0.232 e. The van der Waals surface area contributed by atoms with E-state index in [2.05, 4.69) is 5.32 Å². The Balaban J connectivity index is 1.90. The van der Waals surface area contributed by atoms with Gasteiger partial charge in [-0.15, -0.1) is 0 Å². The van der Waals surface area contributed by atoms with E-state index in [9.17, 15) is 9.18 Å². The van der Waals surface area contributed by atoms with Gasteiger partial charge in [-0.2, -0.15) is 11.8 Å². The van der Waals surface area contributed by atoms with E-state index in [1.54, 1.807) is 23.9 Å². The summed E-state index contributed by atoms with van der Waals surface area (Å²) in [6, 6.07) is 6.62. The van der Waals surface area contributed by atoms with E-state index in [0.29, 0.717) is 5.75 Å². The van der Waals surface area contributed by atoms with Crippen LogP contribution in [0.25, 0.3) is 0 Å². The second-order valence-electron chi connectivity index (χ2n) is 4.76. The van der Waals surface area contributed by atoms with Gasteiger partial charge in [-0.25, -0.2) is 4.39 Å². The number of likely N-dealkylation sites (tertiary alicyclic amines) is 1. The molecule has 5 heteroatoms. The summed E-state index contributed by atoms with van der Waals surface area (Å²) >= 11 is 1.56. The van der Waals surface area contributed by atoms with Crippen molar-refractivity contribution >= 4 is 23.4 Å². The van der Waals surface area contributed by atoms with Gasteiger partial charge in [0, 0.05) is 24.8 Å². The normalized spacial score (nSPS) is 19.3. The third kappa shape index (κ3) is 4.13. The van der Waals surface area contributed by atoms with Gasteiger partial charge < -0.3 is 10.2 Å². The summed E-state index contributed by atoms with van der Waals surface area (Å²) in [5.74, 6) is 0.521. The van der Waals surface area contributed by atoms with Gasteiger partial charge in [0.1, 0.15) is 5.82 Å². The summed E-state index contributed by atoms with van der Waals surface area (Å²) in [7, 11) is 0. The molecule has 0 unspecified atom stereocenters. The van der Waals surface area contributed by atoms with Gasteiger partial charge in [0.15, 0.2) is 0 Å². The molecule has 0 radical (unpaired) electrons. The molecule has 0 spiro atoms. The maximum absolute atomic E-state index is 12.8. The van der Waals surface area contributed by atoms with Crippen LogP contribution in [0.3, 0.4) is 0 Å². The first-order valence-electron chi connectivity index (χ1n) is 6.48. The number of amides is 1. The number of carbonyl (C=O) groups excluding carboxylic acids is 1. The van der Waals surface area contributed by atoms with Crippen LogP contribution in [-0.4, -0.2) is 41.9 Å². The second-order valence-corrected chi connectivity index (χ2v) is 5.63. The summed E-state index contributed by atoms with van der Waals surface area (Å²) < 4.78 is 12.8. The maximum Gasteiger partial charge on any atom is 0.232 e. The highest BCUT2D eigenvalue weighted by Crippen LogP contribution is 2.17. The quantitative estimate of drug-likeness (QED) is 0.921. The molecule has 1 amide bonds. The molecule has 1 saturated heterocycles. The van der Waals surface area contributed by atoms with Gasteiger partial charge in [-0.3, -0.25) is 4.79 Å². The number of piperidine rings is 1. The van der Waals surface area contributed by atoms with E-state index in [1.807, 2.05) is 11.2 Å². The molecule has 1 aliphatic heterocycles. The van der Waals surface area contributed by atoms with Crippen molar-refractivity contribution in [2.75, 3.05) is 30.4 Å². The molecule has 1 aromatic carbocycles.